The Balaban J connectivity index is 1.52. The Kier molecular flexibility index (Phi) is 4.80. The molecular formula is C22H28N2O2. The lowest BCUT2D eigenvalue weighted by Gasteiger charge is -2.54. The zero-order valence-electron chi connectivity index (χ0n) is 15.2. The lowest BCUT2D eigenvalue weighted by Crippen LogP contribution is -2.57. The van der Waals surface area contributed by atoms with Gasteiger partial charge in [0.05, 0.1) is 12.2 Å². The number of hydrogen-bond acceptors (Lipinski definition) is 4. The topological polar surface area (TPSA) is 66.2 Å². The van der Waals surface area contributed by atoms with Crippen molar-refractivity contribution in [3.63, 3.8) is 0 Å². The minimum absolute atomic E-state index is 0.193. The van der Waals surface area contributed by atoms with Crippen molar-refractivity contribution in [3.8, 4) is 0 Å². The lowest BCUT2D eigenvalue weighted by molar-refractivity contribution is -0.164. The fraction of sp³-hybridized carbons (Fsp3) is 0.545. The van der Waals surface area contributed by atoms with Crippen molar-refractivity contribution in [3.05, 3.63) is 60.2 Å². The molecule has 0 bridgehead atoms. The van der Waals surface area contributed by atoms with Crippen LogP contribution < -0.4 is 0 Å². The van der Waals surface area contributed by atoms with Crippen LogP contribution in [0.2, 0.25) is 0 Å². The molecule has 0 spiro atoms. The van der Waals surface area contributed by atoms with Gasteiger partial charge in [-0.2, -0.15) is 0 Å². The van der Waals surface area contributed by atoms with E-state index in [1.54, 1.807) is 24.8 Å². The third-order valence-electron chi connectivity index (χ3n) is 6.86. The Morgan fingerprint density at radius 2 is 1.04 bits per heavy atom. The standard InChI is InChI=1S/C22H28N2O2/c25-19(21(7-1-8-21)15-17-3-11-23-12-4-17)20(26)22(9-2-10-22)16-18-5-13-24-14-6-18/h3-6,11-14,19-20,25-26H,1-2,7-10,15-16H2. The monoisotopic (exact) mass is 352 g/mol. The van der Waals surface area contributed by atoms with Gasteiger partial charge in [0.25, 0.3) is 0 Å². The molecule has 2 N–H and O–H groups in total. The van der Waals surface area contributed by atoms with E-state index in [1.807, 2.05) is 24.3 Å². The number of aliphatic hydroxyl groups is 2. The summed E-state index contributed by atoms with van der Waals surface area (Å²) in [6.07, 6.45) is 13.7. The minimum Gasteiger partial charge on any atom is -0.390 e. The number of nitrogens with zero attached hydrogens (tertiary/aromatic N) is 2. The summed E-state index contributed by atoms with van der Waals surface area (Å²) in [4.78, 5) is 8.18. The largest absolute Gasteiger partial charge is 0.390 e. The van der Waals surface area contributed by atoms with Crippen molar-refractivity contribution in [1.29, 1.82) is 0 Å². The Hall–Kier alpha value is -1.78. The molecule has 2 unspecified atom stereocenters. The third kappa shape index (κ3) is 3.17. The van der Waals surface area contributed by atoms with Gasteiger partial charge in [-0.15, -0.1) is 0 Å². The number of aliphatic hydroxyl groups excluding tert-OH is 2. The van der Waals surface area contributed by atoms with Gasteiger partial charge in [0.1, 0.15) is 0 Å². The molecule has 4 rings (SSSR count). The average molecular weight is 352 g/mol. The zero-order chi connectivity index (χ0) is 18.0. The van der Waals surface area contributed by atoms with Crippen LogP contribution in [0.25, 0.3) is 0 Å². The highest BCUT2D eigenvalue weighted by molar-refractivity contribution is 5.19. The highest BCUT2D eigenvalue weighted by Crippen LogP contribution is 2.54. The fourth-order valence-corrected chi connectivity index (χ4v) is 4.90. The quantitative estimate of drug-likeness (QED) is 0.802. The van der Waals surface area contributed by atoms with Crippen molar-refractivity contribution in [1.82, 2.24) is 9.97 Å². The van der Waals surface area contributed by atoms with Gasteiger partial charge in [-0.3, -0.25) is 9.97 Å². The van der Waals surface area contributed by atoms with Crippen LogP contribution in [0.4, 0.5) is 0 Å². The summed E-state index contributed by atoms with van der Waals surface area (Å²) < 4.78 is 0. The maximum absolute atomic E-state index is 11.2. The van der Waals surface area contributed by atoms with E-state index in [1.165, 1.54) is 11.1 Å². The smallest absolute Gasteiger partial charge is 0.0863 e. The van der Waals surface area contributed by atoms with Crippen molar-refractivity contribution in [2.75, 3.05) is 0 Å². The molecule has 2 aliphatic rings. The molecular weight excluding hydrogens is 324 g/mol. The first-order valence-corrected chi connectivity index (χ1v) is 9.78. The van der Waals surface area contributed by atoms with Crippen LogP contribution in [-0.4, -0.2) is 32.4 Å². The van der Waals surface area contributed by atoms with E-state index in [4.69, 9.17) is 0 Å². The third-order valence-corrected chi connectivity index (χ3v) is 6.86. The Labute approximate surface area is 155 Å². The molecule has 2 atom stereocenters. The molecule has 2 aromatic heterocycles. The van der Waals surface area contributed by atoms with Crippen LogP contribution in [0.1, 0.15) is 49.7 Å². The van der Waals surface area contributed by atoms with Crippen molar-refractivity contribution >= 4 is 0 Å². The fourth-order valence-electron chi connectivity index (χ4n) is 4.90. The van der Waals surface area contributed by atoms with E-state index >= 15 is 0 Å². The molecule has 2 aliphatic carbocycles. The summed E-state index contributed by atoms with van der Waals surface area (Å²) in [6, 6.07) is 8.09. The molecule has 4 heteroatoms. The molecule has 138 valence electrons. The number of aromatic nitrogens is 2. The van der Waals surface area contributed by atoms with E-state index < -0.39 is 12.2 Å². The van der Waals surface area contributed by atoms with Gasteiger partial charge >= 0.3 is 0 Å². The van der Waals surface area contributed by atoms with Gasteiger partial charge in [-0.05, 0) is 73.9 Å². The Morgan fingerprint density at radius 3 is 1.31 bits per heavy atom. The van der Waals surface area contributed by atoms with E-state index in [-0.39, 0.29) is 10.8 Å². The zero-order valence-corrected chi connectivity index (χ0v) is 15.2. The second kappa shape index (κ2) is 7.09. The first-order valence-electron chi connectivity index (χ1n) is 9.78. The molecule has 0 aliphatic heterocycles. The van der Waals surface area contributed by atoms with Crippen LogP contribution in [0.5, 0.6) is 0 Å². The average Bonchev–Trinajstić information content (AvgIpc) is 2.62. The van der Waals surface area contributed by atoms with Crippen molar-refractivity contribution < 1.29 is 10.2 Å². The molecule has 0 aromatic carbocycles. The van der Waals surface area contributed by atoms with Gasteiger partial charge in [-0.1, -0.05) is 12.8 Å². The lowest BCUT2D eigenvalue weighted by atomic mass is 9.54. The Morgan fingerprint density at radius 1 is 0.692 bits per heavy atom. The van der Waals surface area contributed by atoms with Crippen LogP contribution in [0.15, 0.2) is 49.1 Å². The van der Waals surface area contributed by atoms with E-state index in [0.29, 0.717) is 0 Å². The van der Waals surface area contributed by atoms with Gasteiger partial charge in [0.15, 0.2) is 0 Å². The van der Waals surface area contributed by atoms with Crippen LogP contribution in [0, 0.1) is 10.8 Å². The first kappa shape index (κ1) is 17.6. The minimum atomic E-state index is -0.674. The van der Waals surface area contributed by atoms with E-state index in [2.05, 4.69) is 9.97 Å². The van der Waals surface area contributed by atoms with Crippen LogP contribution in [-0.2, 0) is 12.8 Å². The SMILES string of the molecule is OC(C(O)C1(Cc2ccncc2)CCC1)C1(Cc2ccncc2)CCC1. The van der Waals surface area contributed by atoms with Crippen molar-refractivity contribution in [2.24, 2.45) is 10.8 Å². The van der Waals surface area contributed by atoms with Gasteiger partial charge in [0, 0.05) is 35.6 Å². The molecule has 0 radical (unpaired) electrons. The van der Waals surface area contributed by atoms with Gasteiger partial charge in [0.2, 0.25) is 0 Å². The molecule has 2 saturated carbocycles. The maximum atomic E-state index is 11.2. The predicted octanol–water partition coefficient (Wildman–Crippen LogP) is 3.32. The Bertz CT molecular complexity index is 648. The molecule has 2 fully saturated rings. The molecule has 4 nitrogen and oxygen atoms in total. The molecule has 26 heavy (non-hydrogen) atoms. The van der Waals surface area contributed by atoms with Gasteiger partial charge in [-0.25, -0.2) is 0 Å². The normalized spacial score (nSPS) is 22.7. The first-order chi connectivity index (χ1) is 12.6. The molecule has 0 amide bonds. The molecule has 2 aromatic rings. The summed E-state index contributed by atoms with van der Waals surface area (Å²) in [5.74, 6) is 0. The summed E-state index contributed by atoms with van der Waals surface area (Å²) in [7, 11) is 0. The molecule has 2 heterocycles. The summed E-state index contributed by atoms with van der Waals surface area (Å²) in [5, 5.41) is 22.5. The van der Waals surface area contributed by atoms with Crippen LogP contribution in [0.3, 0.4) is 0 Å². The summed E-state index contributed by atoms with van der Waals surface area (Å²) >= 11 is 0. The number of hydrogen-bond donors (Lipinski definition) is 2. The summed E-state index contributed by atoms with van der Waals surface area (Å²) in [6.45, 7) is 0. The van der Waals surface area contributed by atoms with E-state index in [9.17, 15) is 10.2 Å². The highest BCUT2D eigenvalue weighted by Gasteiger charge is 2.54. The maximum Gasteiger partial charge on any atom is 0.0863 e. The predicted molar refractivity (Wildman–Crippen MR) is 100 cm³/mol. The number of rotatable bonds is 7. The number of pyridine rings is 2. The van der Waals surface area contributed by atoms with E-state index in [0.717, 1.165) is 51.4 Å². The van der Waals surface area contributed by atoms with Crippen molar-refractivity contribution in [2.45, 2.75) is 63.6 Å². The highest BCUT2D eigenvalue weighted by atomic mass is 16.3. The van der Waals surface area contributed by atoms with Gasteiger partial charge < -0.3 is 10.2 Å². The second-order valence-electron chi connectivity index (χ2n) is 8.39. The molecule has 0 saturated heterocycles. The summed E-state index contributed by atoms with van der Waals surface area (Å²) in [5.41, 5.74) is 2.01. The van der Waals surface area contributed by atoms with Crippen LogP contribution >= 0.6 is 0 Å². The second-order valence-corrected chi connectivity index (χ2v) is 8.39.